The summed E-state index contributed by atoms with van der Waals surface area (Å²) in [6, 6.07) is 8.42. The van der Waals surface area contributed by atoms with Gasteiger partial charge in [-0.1, -0.05) is 28.1 Å². The van der Waals surface area contributed by atoms with Crippen LogP contribution in [0.15, 0.2) is 28.7 Å². The van der Waals surface area contributed by atoms with E-state index in [0.717, 1.165) is 28.1 Å². The van der Waals surface area contributed by atoms with E-state index in [1.807, 2.05) is 48.0 Å². The van der Waals surface area contributed by atoms with Gasteiger partial charge in [0.25, 0.3) is 0 Å². The molecule has 1 saturated carbocycles. The number of hydrogen-bond acceptors (Lipinski definition) is 2. The Morgan fingerprint density at radius 2 is 2.26 bits per heavy atom. The van der Waals surface area contributed by atoms with Gasteiger partial charge in [-0.15, -0.1) is 0 Å². The van der Waals surface area contributed by atoms with Gasteiger partial charge in [0.1, 0.15) is 0 Å². The summed E-state index contributed by atoms with van der Waals surface area (Å²) in [6.45, 7) is 0. The van der Waals surface area contributed by atoms with Crippen LogP contribution in [0.5, 0.6) is 0 Å². The van der Waals surface area contributed by atoms with Crippen LogP contribution in [0.1, 0.15) is 24.8 Å². The Kier molecular flexibility index (Phi) is 5.34. The molecule has 1 amide bonds. The molecule has 0 bridgehead atoms. The molecular weight excluding hydrogens is 322 g/mol. The largest absolute Gasteiger partial charge is 0.342 e. The molecule has 2 nitrogen and oxygen atoms in total. The molecule has 1 aliphatic rings. The van der Waals surface area contributed by atoms with Crippen LogP contribution in [-0.2, 0) is 11.2 Å². The second-order valence-corrected chi connectivity index (χ2v) is 7.19. The van der Waals surface area contributed by atoms with Crippen molar-refractivity contribution in [3.8, 4) is 0 Å². The minimum Gasteiger partial charge on any atom is -0.342 e. The Balaban J connectivity index is 1.93. The molecular formula is C15H20BrNOS. The molecule has 104 valence electrons. The number of amides is 1. The number of carbonyl (C=O) groups is 1. The molecule has 0 aliphatic heterocycles. The maximum atomic E-state index is 12.3. The highest BCUT2D eigenvalue weighted by atomic mass is 79.9. The molecule has 1 aromatic carbocycles. The molecule has 2 unspecified atom stereocenters. The zero-order chi connectivity index (χ0) is 13.8. The first-order chi connectivity index (χ1) is 9.10. The van der Waals surface area contributed by atoms with Crippen molar-refractivity contribution in [3.63, 3.8) is 0 Å². The fourth-order valence-corrected chi connectivity index (χ4v) is 3.87. The lowest BCUT2D eigenvalue weighted by atomic mass is 10.1. The third-order valence-electron chi connectivity index (χ3n) is 3.88. The van der Waals surface area contributed by atoms with Gasteiger partial charge in [-0.3, -0.25) is 4.79 Å². The van der Waals surface area contributed by atoms with E-state index in [-0.39, 0.29) is 5.91 Å². The lowest BCUT2D eigenvalue weighted by Crippen LogP contribution is -2.36. The van der Waals surface area contributed by atoms with Gasteiger partial charge in [-0.05, 0) is 43.2 Å². The number of halogens is 1. The first kappa shape index (κ1) is 14.9. The van der Waals surface area contributed by atoms with Crippen LogP contribution >= 0.6 is 27.7 Å². The normalized spacial score (nSPS) is 22.5. The highest BCUT2D eigenvalue weighted by Crippen LogP contribution is 2.31. The van der Waals surface area contributed by atoms with Crippen LogP contribution < -0.4 is 0 Å². The van der Waals surface area contributed by atoms with Gasteiger partial charge in [0.2, 0.25) is 5.91 Å². The van der Waals surface area contributed by atoms with Crippen LogP contribution in [-0.4, -0.2) is 35.4 Å². The summed E-state index contributed by atoms with van der Waals surface area (Å²) in [6.07, 6.45) is 6.18. The molecule has 1 aliphatic carbocycles. The summed E-state index contributed by atoms with van der Waals surface area (Å²) < 4.78 is 1.03. The van der Waals surface area contributed by atoms with Gasteiger partial charge in [-0.2, -0.15) is 11.8 Å². The Hall–Kier alpha value is -0.480. The van der Waals surface area contributed by atoms with Crippen molar-refractivity contribution in [1.82, 2.24) is 4.90 Å². The first-order valence-corrected chi connectivity index (χ1v) is 8.71. The zero-order valence-electron chi connectivity index (χ0n) is 11.4. The second-order valence-electron chi connectivity index (χ2n) is 5.14. The van der Waals surface area contributed by atoms with Gasteiger partial charge >= 0.3 is 0 Å². The Morgan fingerprint density at radius 3 is 2.89 bits per heavy atom. The SMILES string of the molecule is CSC1CCC(N(C)C(=O)Cc2cccc(Br)c2)C1. The monoisotopic (exact) mass is 341 g/mol. The Morgan fingerprint density at radius 1 is 1.47 bits per heavy atom. The zero-order valence-corrected chi connectivity index (χ0v) is 13.8. The van der Waals surface area contributed by atoms with E-state index in [0.29, 0.717) is 12.5 Å². The predicted molar refractivity (Wildman–Crippen MR) is 85.6 cm³/mol. The summed E-state index contributed by atoms with van der Waals surface area (Å²) in [7, 11) is 1.95. The highest BCUT2D eigenvalue weighted by Gasteiger charge is 2.29. The number of benzene rings is 1. The molecule has 0 saturated heterocycles. The molecule has 0 N–H and O–H groups in total. The van der Waals surface area contributed by atoms with Crippen molar-refractivity contribution >= 4 is 33.6 Å². The van der Waals surface area contributed by atoms with E-state index >= 15 is 0 Å². The van der Waals surface area contributed by atoms with Crippen LogP contribution in [0.25, 0.3) is 0 Å². The number of nitrogens with zero attached hydrogens (tertiary/aromatic N) is 1. The van der Waals surface area contributed by atoms with Gasteiger partial charge in [0, 0.05) is 22.8 Å². The number of carbonyl (C=O) groups excluding carboxylic acids is 1. The Bertz CT molecular complexity index is 452. The summed E-state index contributed by atoms with van der Waals surface area (Å²) in [5.41, 5.74) is 1.07. The number of rotatable bonds is 4. The molecule has 0 aromatic heterocycles. The average molecular weight is 342 g/mol. The lowest BCUT2D eigenvalue weighted by Gasteiger charge is -2.24. The molecule has 2 atom stereocenters. The standard InChI is InChI=1S/C15H20BrNOS/c1-17(13-6-7-14(10-13)19-2)15(18)9-11-4-3-5-12(16)8-11/h3-5,8,13-14H,6-7,9-10H2,1-2H3. The molecule has 1 aromatic rings. The van der Waals surface area contributed by atoms with E-state index in [9.17, 15) is 4.79 Å². The van der Waals surface area contributed by atoms with E-state index in [4.69, 9.17) is 0 Å². The summed E-state index contributed by atoms with van der Waals surface area (Å²) in [5.74, 6) is 0.227. The molecule has 0 heterocycles. The van der Waals surface area contributed by atoms with Crippen molar-refractivity contribution in [2.24, 2.45) is 0 Å². The number of thioether (sulfide) groups is 1. The van der Waals surface area contributed by atoms with Crippen molar-refractivity contribution in [2.75, 3.05) is 13.3 Å². The summed E-state index contributed by atoms with van der Waals surface area (Å²) in [4.78, 5) is 14.3. The van der Waals surface area contributed by atoms with E-state index in [1.54, 1.807) is 0 Å². The molecule has 4 heteroatoms. The summed E-state index contributed by atoms with van der Waals surface area (Å²) in [5, 5.41) is 0.728. The van der Waals surface area contributed by atoms with Gasteiger partial charge in [-0.25, -0.2) is 0 Å². The third kappa shape index (κ3) is 3.99. The fourth-order valence-electron chi connectivity index (χ4n) is 2.63. The number of likely N-dealkylation sites (N-methyl/N-ethyl adjacent to an activating group) is 1. The minimum absolute atomic E-state index is 0.227. The van der Waals surface area contributed by atoms with Crippen LogP contribution in [0.4, 0.5) is 0 Å². The van der Waals surface area contributed by atoms with Crippen molar-refractivity contribution in [1.29, 1.82) is 0 Å². The van der Waals surface area contributed by atoms with Gasteiger partial charge < -0.3 is 4.90 Å². The van der Waals surface area contributed by atoms with Crippen LogP contribution in [0.2, 0.25) is 0 Å². The summed E-state index contributed by atoms with van der Waals surface area (Å²) >= 11 is 5.37. The lowest BCUT2D eigenvalue weighted by molar-refractivity contribution is -0.131. The third-order valence-corrected chi connectivity index (χ3v) is 5.46. The molecule has 19 heavy (non-hydrogen) atoms. The van der Waals surface area contributed by atoms with Crippen LogP contribution in [0, 0.1) is 0 Å². The van der Waals surface area contributed by atoms with Crippen molar-refractivity contribution < 1.29 is 4.79 Å². The Labute approximate surface area is 128 Å². The van der Waals surface area contributed by atoms with Gasteiger partial charge in [0.15, 0.2) is 0 Å². The van der Waals surface area contributed by atoms with E-state index in [1.165, 1.54) is 6.42 Å². The molecule has 1 fully saturated rings. The van der Waals surface area contributed by atoms with Crippen LogP contribution in [0.3, 0.4) is 0 Å². The van der Waals surface area contributed by atoms with E-state index < -0.39 is 0 Å². The quantitative estimate of drug-likeness (QED) is 0.831. The van der Waals surface area contributed by atoms with Gasteiger partial charge in [0.05, 0.1) is 6.42 Å². The maximum Gasteiger partial charge on any atom is 0.226 e. The fraction of sp³-hybridized carbons (Fsp3) is 0.533. The first-order valence-electron chi connectivity index (χ1n) is 6.63. The molecule has 0 spiro atoms. The molecule has 2 rings (SSSR count). The highest BCUT2D eigenvalue weighted by molar-refractivity contribution is 9.10. The number of hydrogen-bond donors (Lipinski definition) is 0. The van der Waals surface area contributed by atoms with Crippen molar-refractivity contribution in [2.45, 2.75) is 37.0 Å². The van der Waals surface area contributed by atoms with Crippen molar-refractivity contribution in [3.05, 3.63) is 34.3 Å². The second kappa shape index (κ2) is 6.80. The topological polar surface area (TPSA) is 20.3 Å². The van der Waals surface area contributed by atoms with E-state index in [2.05, 4.69) is 22.2 Å². The average Bonchev–Trinajstić information content (AvgIpc) is 2.86. The maximum absolute atomic E-state index is 12.3. The molecule has 0 radical (unpaired) electrons. The predicted octanol–water partition coefficient (Wildman–Crippen LogP) is 3.73. The smallest absolute Gasteiger partial charge is 0.226 e. The minimum atomic E-state index is 0.227.